The lowest BCUT2D eigenvalue weighted by atomic mass is 10.3. The second kappa shape index (κ2) is 5.50. The molecule has 0 saturated heterocycles. The monoisotopic (exact) mass is 289 g/mol. The summed E-state index contributed by atoms with van der Waals surface area (Å²) in [6.07, 6.45) is 0. The van der Waals surface area contributed by atoms with Crippen molar-refractivity contribution in [3.05, 3.63) is 57.8 Å². The molecule has 0 amide bonds. The number of benzene rings is 1. The number of hydrogen-bond acceptors (Lipinski definition) is 2. The fraction of sp³-hybridized carbons (Fsp3) is 0.0833. The summed E-state index contributed by atoms with van der Waals surface area (Å²) in [6, 6.07) is 6.50. The largest absolute Gasteiger partial charge is 0.481 e. The summed E-state index contributed by atoms with van der Waals surface area (Å²) in [5, 5.41) is 0.545. The Hall–Kier alpha value is -1.39. The number of hydrogen-bond donors (Lipinski definition) is 0. The van der Waals surface area contributed by atoms with Crippen LogP contribution in [0.4, 0.5) is 8.78 Å². The van der Waals surface area contributed by atoms with Crippen LogP contribution in [0.3, 0.4) is 0 Å². The Morgan fingerprint density at radius 2 is 1.72 bits per heavy atom. The normalized spacial score (nSPS) is 10.4. The first-order chi connectivity index (χ1) is 8.58. The van der Waals surface area contributed by atoms with Crippen molar-refractivity contribution in [1.82, 2.24) is 4.98 Å². The minimum atomic E-state index is -0.784. The minimum Gasteiger partial charge on any atom is -0.481 e. The van der Waals surface area contributed by atoms with Gasteiger partial charge in [0.15, 0.2) is 17.4 Å². The standard InChI is InChI=1S/C12H7Cl2F2NO/c13-7-4-5-11(14)17-10(7)6-18-12-8(15)2-1-3-9(12)16/h1-5H,6H2. The molecule has 6 heteroatoms. The van der Waals surface area contributed by atoms with Gasteiger partial charge in [-0.15, -0.1) is 0 Å². The lowest BCUT2D eigenvalue weighted by Gasteiger charge is -2.08. The molecule has 1 aromatic carbocycles. The van der Waals surface area contributed by atoms with Gasteiger partial charge in [0, 0.05) is 0 Å². The van der Waals surface area contributed by atoms with Gasteiger partial charge in [-0.05, 0) is 24.3 Å². The molecule has 0 aliphatic heterocycles. The maximum absolute atomic E-state index is 13.3. The summed E-state index contributed by atoms with van der Waals surface area (Å²) in [4.78, 5) is 3.91. The minimum absolute atomic E-state index is 0.169. The highest BCUT2D eigenvalue weighted by Gasteiger charge is 2.11. The van der Waals surface area contributed by atoms with Crippen molar-refractivity contribution < 1.29 is 13.5 Å². The van der Waals surface area contributed by atoms with Gasteiger partial charge in [0.25, 0.3) is 0 Å². The topological polar surface area (TPSA) is 22.1 Å². The molecule has 0 fully saturated rings. The molecule has 2 nitrogen and oxygen atoms in total. The molecule has 0 saturated carbocycles. The number of ether oxygens (including phenoxy) is 1. The maximum Gasteiger partial charge on any atom is 0.191 e. The molecule has 94 valence electrons. The van der Waals surface area contributed by atoms with E-state index in [9.17, 15) is 8.78 Å². The second-order valence-corrected chi connectivity index (χ2v) is 4.20. The molecule has 2 rings (SSSR count). The smallest absolute Gasteiger partial charge is 0.191 e. The van der Waals surface area contributed by atoms with Gasteiger partial charge in [0.05, 0.1) is 10.7 Å². The van der Waals surface area contributed by atoms with Crippen molar-refractivity contribution in [2.75, 3.05) is 0 Å². The summed E-state index contributed by atoms with van der Waals surface area (Å²) in [5.41, 5.74) is 0.312. The van der Waals surface area contributed by atoms with E-state index in [0.717, 1.165) is 12.1 Å². The summed E-state index contributed by atoms with van der Waals surface area (Å²) < 4.78 is 31.6. The Morgan fingerprint density at radius 3 is 2.39 bits per heavy atom. The average Bonchev–Trinajstić information content (AvgIpc) is 2.33. The fourth-order valence-electron chi connectivity index (χ4n) is 1.32. The maximum atomic E-state index is 13.3. The van der Waals surface area contributed by atoms with Crippen LogP contribution >= 0.6 is 23.2 Å². The third kappa shape index (κ3) is 2.89. The Labute approximate surface area is 112 Å². The van der Waals surface area contributed by atoms with Gasteiger partial charge >= 0.3 is 0 Å². The molecule has 0 unspecified atom stereocenters. The number of rotatable bonds is 3. The van der Waals surface area contributed by atoms with Gasteiger partial charge in [-0.25, -0.2) is 13.8 Å². The van der Waals surface area contributed by atoms with Crippen LogP contribution in [0.5, 0.6) is 5.75 Å². The molecule has 0 N–H and O–H groups in total. The Kier molecular flexibility index (Phi) is 3.99. The molecule has 0 aliphatic rings. The van der Waals surface area contributed by atoms with Crippen molar-refractivity contribution in [1.29, 1.82) is 0 Å². The van der Waals surface area contributed by atoms with Crippen molar-refractivity contribution >= 4 is 23.2 Å². The lowest BCUT2D eigenvalue weighted by molar-refractivity contribution is 0.270. The van der Waals surface area contributed by atoms with Gasteiger partial charge in [0.2, 0.25) is 0 Å². The number of halogens is 4. The predicted molar refractivity (Wildman–Crippen MR) is 64.9 cm³/mol. The summed E-state index contributed by atoms with van der Waals surface area (Å²) in [5.74, 6) is -2.03. The zero-order valence-electron chi connectivity index (χ0n) is 8.96. The van der Waals surface area contributed by atoms with Crippen LogP contribution in [0, 0.1) is 11.6 Å². The summed E-state index contributed by atoms with van der Waals surface area (Å²) >= 11 is 11.5. The summed E-state index contributed by atoms with van der Waals surface area (Å²) in [7, 11) is 0. The van der Waals surface area contributed by atoms with Crippen molar-refractivity contribution in [3.8, 4) is 5.75 Å². The van der Waals surface area contributed by atoms with Gasteiger partial charge in [-0.2, -0.15) is 0 Å². The van der Waals surface area contributed by atoms with Gasteiger partial charge in [-0.3, -0.25) is 0 Å². The first-order valence-corrected chi connectivity index (χ1v) is 5.71. The van der Waals surface area contributed by atoms with Crippen LogP contribution in [0.25, 0.3) is 0 Å². The van der Waals surface area contributed by atoms with E-state index in [1.54, 1.807) is 0 Å². The van der Waals surface area contributed by atoms with Crippen molar-refractivity contribution in [2.45, 2.75) is 6.61 Å². The molecule has 0 aliphatic carbocycles. The molecule has 18 heavy (non-hydrogen) atoms. The van der Waals surface area contributed by atoms with Crippen LogP contribution in [0.2, 0.25) is 10.2 Å². The van der Waals surface area contributed by atoms with Gasteiger partial charge < -0.3 is 4.74 Å². The first-order valence-electron chi connectivity index (χ1n) is 4.95. The van der Waals surface area contributed by atoms with Crippen molar-refractivity contribution in [2.24, 2.45) is 0 Å². The van der Waals surface area contributed by atoms with Crippen LogP contribution in [0.1, 0.15) is 5.69 Å². The zero-order valence-corrected chi connectivity index (χ0v) is 10.5. The van der Waals surface area contributed by atoms with E-state index < -0.39 is 17.4 Å². The third-order valence-corrected chi connectivity index (χ3v) is 2.71. The third-order valence-electron chi connectivity index (χ3n) is 2.16. The quantitative estimate of drug-likeness (QED) is 0.788. The van der Waals surface area contributed by atoms with E-state index in [1.807, 2.05) is 0 Å². The van der Waals surface area contributed by atoms with E-state index in [2.05, 4.69) is 4.98 Å². The lowest BCUT2D eigenvalue weighted by Crippen LogP contribution is -2.02. The number of para-hydroxylation sites is 1. The molecule has 0 bridgehead atoms. The molecule has 0 atom stereocenters. The van der Waals surface area contributed by atoms with Gasteiger partial charge in [-0.1, -0.05) is 29.3 Å². The predicted octanol–water partition coefficient (Wildman–Crippen LogP) is 4.25. The van der Waals surface area contributed by atoms with Crippen molar-refractivity contribution in [3.63, 3.8) is 0 Å². The van der Waals surface area contributed by atoms with Crippen LogP contribution in [0.15, 0.2) is 30.3 Å². The number of aromatic nitrogens is 1. The zero-order chi connectivity index (χ0) is 13.1. The van der Waals surface area contributed by atoms with Gasteiger partial charge in [0.1, 0.15) is 11.8 Å². The highest BCUT2D eigenvalue weighted by molar-refractivity contribution is 6.32. The van der Waals surface area contributed by atoms with E-state index in [-0.39, 0.29) is 11.8 Å². The molecule has 1 aromatic heterocycles. The average molecular weight is 290 g/mol. The second-order valence-electron chi connectivity index (χ2n) is 3.40. The Morgan fingerprint density at radius 1 is 1.06 bits per heavy atom. The highest BCUT2D eigenvalue weighted by atomic mass is 35.5. The number of nitrogens with zero attached hydrogens (tertiary/aromatic N) is 1. The Bertz CT molecular complexity index is 558. The highest BCUT2D eigenvalue weighted by Crippen LogP contribution is 2.23. The van der Waals surface area contributed by atoms with E-state index >= 15 is 0 Å². The van der Waals surface area contributed by atoms with E-state index in [4.69, 9.17) is 27.9 Å². The molecule has 0 radical (unpaired) electrons. The van der Waals surface area contributed by atoms with Crippen LogP contribution < -0.4 is 4.74 Å². The SMILES string of the molecule is Fc1cccc(F)c1OCc1nc(Cl)ccc1Cl. The first kappa shape index (κ1) is 13.1. The molecular formula is C12H7Cl2F2NO. The van der Waals surface area contributed by atoms with Crippen LogP contribution in [-0.4, -0.2) is 4.98 Å². The van der Waals surface area contributed by atoms with Crippen LogP contribution in [-0.2, 0) is 6.61 Å². The number of pyridine rings is 1. The Balaban J connectivity index is 2.19. The fourth-order valence-corrected chi connectivity index (χ4v) is 1.64. The van der Waals surface area contributed by atoms with E-state index in [1.165, 1.54) is 18.2 Å². The molecule has 2 aromatic rings. The molecular weight excluding hydrogens is 283 g/mol. The van der Waals surface area contributed by atoms with E-state index in [0.29, 0.717) is 10.7 Å². The molecule has 0 spiro atoms. The molecule has 1 heterocycles. The summed E-state index contributed by atoms with van der Waals surface area (Å²) in [6.45, 7) is -0.169.